The fourth-order valence-electron chi connectivity index (χ4n) is 3.36. The van der Waals surface area contributed by atoms with Crippen molar-refractivity contribution in [1.82, 2.24) is 15.3 Å². The summed E-state index contributed by atoms with van der Waals surface area (Å²) in [4.78, 5) is 30.8. The van der Waals surface area contributed by atoms with Crippen LogP contribution in [-0.2, 0) is 17.8 Å². The first-order valence-electron chi connectivity index (χ1n) is 8.96. The second kappa shape index (κ2) is 6.76. The number of carbonyl (C=O) groups is 1. The molecule has 0 aliphatic carbocycles. The Balaban J connectivity index is 1.51. The van der Waals surface area contributed by atoms with Crippen molar-refractivity contribution in [2.45, 2.75) is 26.8 Å². The van der Waals surface area contributed by atoms with Crippen LogP contribution in [0, 0.1) is 13.8 Å². The summed E-state index contributed by atoms with van der Waals surface area (Å²) < 4.78 is 0. The number of amides is 1. The van der Waals surface area contributed by atoms with E-state index in [2.05, 4.69) is 21.4 Å². The van der Waals surface area contributed by atoms with Crippen molar-refractivity contribution in [3.63, 3.8) is 0 Å². The van der Waals surface area contributed by atoms with Crippen molar-refractivity contribution in [1.29, 1.82) is 0 Å². The van der Waals surface area contributed by atoms with Gasteiger partial charge in [0.15, 0.2) is 0 Å². The van der Waals surface area contributed by atoms with Crippen LogP contribution in [0.1, 0.15) is 22.3 Å². The zero-order valence-electron chi connectivity index (χ0n) is 15.3. The SMILES string of the molecule is Cc1cc2cc(CNC(=O)Cc3c[nH]c4ccccc34)c(=O)[nH]c2cc1C. The van der Waals surface area contributed by atoms with Crippen LogP contribution in [-0.4, -0.2) is 15.9 Å². The zero-order chi connectivity index (χ0) is 19.0. The van der Waals surface area contributed by atoms with Gasteiger partial charge in [-0.1, -0.05) is 18.2 Å². The molecule has 0 spiro atoms. The molecule has 0 bridgehead atoms. The summed E-state index contributed by atoms with van der Waals surface area (Å²) in [6.45, 7) is 4.27. The lowest BCUT2D eigenvalue weighted by atomic mass is 10.0. The predicted molar refractivity (Wildman–Crippen MR) is 108 cm³/mol. The van der Waals surface area contributed by atoms with E-state index in [9.17, 15) is 9.59 Å². The lowest BCUT2D eigenvalue weighted by Gasteiger charge is -2.08. The van der Waals surface area contributed by atoms with Crippen LogP contribution < -0.4 is 10.9 Å². The van der Waals surface area contributed by atoms with Crippen LogP contribution in [0.15, 0.2) is 53.5 Å². The van der Waals surface area contributed by atoms with Crippen LogP contribution in [0.3, 0.4) is 0 Å². The van der Waals surface area contributed by atoms with Crippen LogP contribution in [0.2, 0.25) is 0 Å². The Morgan fingerprint density at radius 2 is 1.78 bits per heavy atom. The van der Waals surface area contributed by atoms with Crippen molar-refractivity contribution < 1.29 is 4.79 Å². The molecule has 3 N–H and O–H groups in total. The molecule has 2 heterocycles. The highest BCUT2D eigenvalue weighted by Gasteiger charge is 2.10. The Morgan fingerprint density at radius 1 is 1.00 bits per heavy atom. The minimum Gasteiger partial charge on any atom is -0.361 e. The maximum absolute atomic E-state index is 12.4. The molecule has 4 rings (SSSR count). The van der Waals surface area contributed by atoms with Gasteiger partial charge in [0.2, 0.25) is 5.91 Å². The smallest absolute Gasteiger partial charge is 0.253 e. The Labute approximate surface area is 156 Å². The molecule has 136 valence electrons. The third kappa shape index (κ3) is 3.36. The first-order valence-corrected chi connectivity index (χ1v) is 8.96. The normalized spacial score (nSPS) is 11.2. The van der Waals surface area contributed by atoms with Crippen molar-refractivity contribution >= 4 is 27.7 Å². The molecular formula is C22H21N3O2. The van der Waals surface area contributed by atoms with Gasteiger partial charge in [-0.2, -0.15) is 0 Å². The summed E-state index contributed by atoms with van der Waals surface area (Å²) in [5, 5.41) is 4.88. The Kier molecular flexibility index (Phi) is 4.28. The lowest BCUT2D eigenvalue weighted by molar-refractivity contribution is -0.120. The van der Waals surface area contributed by atoms with E-state index in [0.717, 1.165) is 32.9 Å². The number of H-pyrrole nitrogens is 2. The first kappa shape index (κ1) is 17.1. The van der Waals surface area contributed by atoms with Gasteiger partial charge in [0.1, 0.15) is 0 Å². The molecule has 0 saturated heterocycles. The minimum atomic E-state index is -0.168. The Bertz CT molecular complexity index is 1220. The first-order chi connectivity index (χ1) is 13.0. The molecule has 2 aromatic carbocycles. The molecule has 0 aliphatic rings. The minimum absolute atomic E-state index is 0.112. The van der Waals surface area contributed by atoms with E-state index >= 15 is 0 Å². The van der Waals surface area contributed by atoms with E-state index in [4.69, 9.17) is 0 Å². The molecule has 0 atom stereocenters. The number of fused-ring (bicyclic) bond motifs is 2. The number of pyridine rings is 1. The summed E-state index contributed by atoms with van der Waals surface area (Å²) in [7, 11) is 0. The summed E-state index contributed by atoms with van der Waals surface area (Å²) in [5.74, 6) is -0.112. The number of aromatic nitrogens is 2. The quantitative estimate of drug-likeness (QED) is 0.522. The number of benzene rings is 2. The van der Waals surface area contributed by atoms with Gasteiger partial charge < -0.3 is 15.3 Å². The molecule has 5 heteroatoms. The summed E-state index contributed by atoms with van der Waals surface area (Å²) in [6.07, 6.45) is 2.13. The van der Waals surface area contributed by atoms with Crippen LogP contribution in [0.4, 0.5) is 0 Å². The lowest BCUT2D eigenvalue weighted by Crippen LogP contribution is -2.27. The number of aryl methyl sites for hydroxylation is 2. The number of aromatic amines is 2. The van der Waals surface area contributed by atoms with Gasteiger partial charge in [0.05, 0.1) is 6.42 Å². The number of carbonyl (C=O) groups excluding carboxylic acids is 1. The van der Waals surface area contributed by atoms with Crippen molar-refractivity contribution in [3.8, 4) is 0 Å². The molecule has 2 aromatic heterocycles. The number of rotatable bonds is 4. The average Bonchev–Trinajstić information content (AvgIpc) is 3.05. The van der Waals surface area contributed by atoms with E-state index in [1.165, 1.54) is 5.56 Å². The molecular weight excluding hydrogens is 338 g/mol. The predicted octanol–water partition coefficient (Wildman–Crippen LogP) is 3.49. The standard InChI is InChI=1S/C22H21N3O2/c1-13-7-15-9-17(22(27)25-20(15)8-14(13)2)12-24-21(26)10-16-11-23-19-6-4-3-5-18(16)19/h3-9,11,23H,10,12H2,1-2H3,(H,24,26)(H,25,27). The fraction of sp³-hybridized carbons (Fsp3) is 0.182. The van der Waals surface area contributed by atoms with E-state index in [0.29, 0.717) is 5.56 Å². The summed E-state index contributed by atoms with van der Waals surface area (Å²) in [5.41, 5.74) is 5.47. The van der Waals surface area contributed by atoms with Crippen LogP contribution in [0.25, 0.3) is 21.8 Å². The third-order valence-electron chi connectivity index (χ3n) is 5.04. The molecule has 5 nitrogen and oxygen atoms in total. The average molecular weight is 359 g/mol. The van der Waals surface area contributed by atoms with Gasteiger partial charge in [-0.3, -0.25) is 9.59 Å². The number of hydrogen-bond acceptors (Lipinski definition) is 2. The zero-order valence-corrected chi connectivity index (χ0v) is 15.3. The molecule has 27 heavy (non-hydrogen) atoms. The summed E-state index contributed by atoms with van der Waals surface area (Å²) >= 11 is 0. The molecule has 0 radical (unpaired) electrons. The maximum atomic E-state index is 12.4. The highest BCUT2D eigenvalue weighted by Crippen LogP contribution is 2.19. The van der Waals surface area contributed by atoms with Gasteiger partial charge in [0, 0.05) is 34.7 Å². The topological polar surface area (TPSA) is 77.8 Å². The highest BCUT2D eigenvalue weighted by molar-refractivity contribution is 5.89. The Morgan fingerprint density at radius 3 is 2.63 bits per heavy atom. The summed E-state index contributed by atoms with van der Waals surface area (Å²) in [6, 6.07) is 13.8. The largest absolute Gasteiger partial charge is 0.361 e. The number of nitrogens with one attached hydrogen (secondary N) is 3. The van der Waals surface area contributed by atoms with Gasteiger partial charge >= 0.3 is 0 Å². The van der Waals surface area contributed by atoms with Crippen LogP contribution >= 0.6 is 0 Å². The highest BCUT2D eigenvalue weighted by atomic mass is 16.1. The van der Waals surface area contributed by atoms with E-state index in [-0.39, 0.29) is 24.4 Å². The third-order valence-corrected chi connectivity index (χ3v) is 5.04. The molecule has 1 amide bonds. The molecule has 4 aromatic rings. The van der Waals surface area contributed by atoms with Crippen molar-refractivity contribution in [2.75, 3.05) is 0 Å². The molecule has 0 saturated carbocycles. The number of hydrogen-bond donors (Lipinski definition) is 3. The van der Waals surface area contributed by atoms with Gasteiger partial charge in [-0.05, 0) is 60.2 Å². The number of para-hydroxylation sites is 1. The second-order valence-electron chi connectivity index (χ2n) is 6.96. The molecule has 0 fully saturated rings. The van der Waals surface area contributed by atoms with Crippen molar-refractivity contribution in [3.05, 3.63) is 81.3 Å². The van der Waals surface area contributed by atoms with Gasteiger partial charge in [-0.15, -0.1) is 0 Å². The second-order valence-corrected chi connectivity index (χ2v) is 6.96. The van der Waals surface area contributed by atoms with Gasteiger partial charge in [-0.25, -0.2) is 0 Å². The van der Waals surface area contributed by atoms with Crippen molar-refractivity contribution in [2.24, 2.45) is 0 Å². The monoisotopic (exact) mass is 359 g/mol. The van der Waals surface area contributed by atoms with Crippen LogP contribution in [0.5, 0.6) is 0 Å². The maximum Gasteiger partial charge on any atom is 0.253 e. The van der Waals surface area contributed by atoms with E-state index in [1.54, 1.807) is 0 Å². The Hall–Kier alpha value is -3.34. The van der Waals surface area contributed by atoms with Gasteiger partial charge in [0.25, 0.3) is 5.56 Å². The fourth-order valence-corrected chi connectivity index (χ4v) is 3.36. The molecule has 0 aliphatic heterocycles. The molecule has 0 unspecified atom stereocenters. The van der Waals surface area contributed by atoms with E-state index < -0.39 is 0 Å². The van der Waals surface area contributed by atoms with E-state index in [1.807, 2.05) is 56.4 Å².